The maximum atomic E-state index is 5.48. The highest BCUT2D eigenvalue weighted by Crippen LogP contribution is 2.30. The van der Waals surface area contributed by atoms with Crippen molar-refractivity contribution < 1.29 is 0 Å². The summed E-state index contributed by atoms with van der Waals surface area (Å²) in [5, 5.41) is 4.56. The minimum absolute atomic E-state index is 0.337. The molecule has 1 saturated heterocycles. The van der Waals surface area contributed by atoms with Crippen LogP contribution in [0.25, 0.3) is 21.6 Å². The zero-order chi connectivity index (χ0) is 20.5. The Bertz CT molecular complexity index is 1150. The summed E-state index contributed by atoms with van der Waals surface area (Å²) in [5.41, 5.74) is 2.16. The first-order chi connectivity index (χ1) is 14.7. The Balaban J connectivity index is 1.22. The smallest absolute Gasteiger partial charge is 0.217 e. The summed E-state index contributed by atoms with van der Waals surface area (Å²) in [5.74, 6) is 0.823. The molecule has 0 unspecified atom stereocenters. The Kier molecular flexibility index (Phi) is 5.47. The third-order valence-electron chi connectivity index (χ3n) is 5.69. The van der Waals surface area contributed by atoms with Crippen LogP contribution >= 0.6 is 23.6 Å². The molecule has 0 bridgehead atoms. The molecule has 0 amide bonds. The predicted molar refractivity (Wildman–Crippen MR) is 124 cm³/mol. The average Bonchev–Trinajstić information content (AvgIpc) is 3.38. The minimum atomic E-state index is 0.337. The molecule has 154 valence electrons. The van der Waals surface area contributed by atoms with Crippen LogP contribution < -0.4 is 0 Å². The van der Waals surface area contributed by atoms with Crippen LogP contribution in [0.2, 0.25) is 0 Å². The van der Waals surface area contributed by atoms with Crippen molar-refractivity contribution in [3.05, 3.63) is 64.4 Å². The maximum absolute atomic E-state index is 5.48. The van der Waals surface area contributed by atoms with Crippen LogP contribution in [-0.2, 0) is 6.67 Å². The van der Waals surface area contributed by atoms with Gasteiger partial charge in [-0.2, -0.15) is 4.98 Å². The quantitative estimate of drug-likeness (QED) is 0.465. The fourth-order valence-corrected chi connectivity index (χ4v) is 5.14. The number of thiazole rings is 1. The Morgan fingerprint density at radius 2 is 1.73 bits per heavy atom. The molecule has 1 N–H and O–H groups in total. The van der Waals surface area contributed by atoms with Crippen LogP contribution in [0.1, 0.15) is 18.0 Å². The highest BCUT2D eigenvalue weighted by Gasteiger charge is 2.24. The van der Waals surface area contributed by atoms with E-state index < -0.39 is 0 Å². The van der Waals surface area contributed by atoms with E-state index in [4.69, 9.17) is 17.2 Å². The normalized spacial score (nSPS) is 16.8. The maximum Gasteiger partial charge on any atom is 0.217 e. The Morgan fingerprint density at radius 3 is 2.50 bits per heavy atom. The molecule has 1 aliphatic heterocycles. The van der Waals surface area contributed by atoms with E-state index in [0.717, 1.165) is 49.8 Å². The molecular formula is C22H24N6S2. The van der Waals surface area contributed by atoms with E-state index in [0.29, 0.717) is 10.8 Å². The van der Waals surface area contributed by atoms with Gasteiger partial charge in [0, 0.05) is 31.7 Å². The molecule has 3 heterocycles. The van der Waals surface area contributed by atoms with Gasteiger partial charge in [0.05, 0.1) is 22.9 Å². The van der Waals surface area contributed by atoms with Crippen molar-refractivity contribution in [1.82, 2.24) is 29.5 Å². The van der Waals surface area contributed by atoms with E-state index >= 15 is 0 Å². The van der Waals surface area contributed by atoms with Crippen molar-refractivity contribution >= 4 is 33.8 Å². The number of nitrogens with zero attached hydrogens (tertiary/aromatic N) is 5. The Labute approximate surface area is 184 Å². The molecule has 0 radical (unpaired) electrons. The average molecular weight is 437 g/mol. The molecule has 0 aliphatic carbocycles. The molecule has 2 aromatic heterocycles. The van der Waals surface area contributed by atoms with Gasteiger partial charge in [0.25, 0.3) is 0 Å². The number of hydrogen-bond acceptors (Lipinski definition) is 6. The predicted octanol–water partition coefficient (Wildman–Crippen LogP) is 4.55. The molecular weight excluding hydrogens is 412 g/mol. The first kappa shape index (κ1) is 19.6. The summed E-state index contributed by atoms with van der Waals surface area (Å²) in [7, 11) is 0. The summed E-state index contributed by atoms with van der Waals surface area (Å²) in [6.07, 6.45) is 0. The molecule has 1 fully saturated rings. The van der Waals surface area contributed by atoms with Crippen LogP contribution in [0.5, 0.6) is 0 Å². The highest BCUT2D eigenvalue weighted by atomic mass is 32.1. The third-order valence-corrected chi connectivity index (χ3v) is 7.21. The highest BCUT2D eigenvalue weighted by molar-refractivity contribution is 7.71. The number of hydrogen-bond donors (Lipinski definition) is 1. The van der Waals surface area contributed by atoms with Crippen LogP contribution in [-0.4, -0.2) is 55.7 Å². The Hall–Kier alpha value is -2.39. The number of aromatic amines is 1. The molecule has 5 rings (SSSR count). The van der Waals surface area contributed by atoms with E-state index in [1.165, 1.54) is 9.71 Å². The standard InChI is InChI=1S/C22H24N6S2/c1-16(21-23-18-9-5-6-10-19(18)30-21)27-13-11-26(12-14-27)15-28-22(29)24-20(25-28)17-7-3-2-4-8-17/h2-10,16H,11-15H2,1H3,(H,24,25,29)/t16-/m0/s1. The molecule has 1 atom stereocenters. The number of rotatable bonds is 5. The van der Waals surface area contributed by atoms with Crippen molar-refractivity contribution in [3.8, 4) is 11.4 Å². The summed E-state index contributed by atoms with van der Waals surface area (Å²) >= 11 is 7.29. The van der Waals surface area contributed by atoms with Gasteiger partial charge < -0.3 is 0 Å². The largest absolute Gasteiger partial charge is 0.292 e. The summed E-state index contributed by atoms with van der Waals surface area (Å²) < 4.78 is 3.82. The monoisotopic (exact) mass is 436 g/mol. The van der Waals surface area contributed by atoms with Gasteiger partial charge in [0.1, 0.15) is 5.01 Å². The van der Waals surface area contributed by atoms with Crippen LogP contribution in [0.15, 0.2) is 54.6 Å². The molecule has 8 heteroatoms. The van der Waals surface area contributed by atoms with Crippen molar-refractivity contribution in [1.29, 1.82) is 0 Å². The van der Waals surface area contributed by atoms with Crippen LogP contribution in [0.4, 0.5) is 0 Å². The lowest BCUT2D eigenvalue weighted by Gasteiger charge is -2.37. The van der Waals surface area contributed by atoms with Gasteiger partial charge >= 0.3 is 0 Å². The molecule has 0 saturated carbocycles. The number of benzene rings is 2. The van der Waals surface area contributed by atoms with Crippen molar-refractivity contribution in [2.75, 3.05) is 26.2 Å². The zero-order valence-electron chi connectivity index (χ0n) is 16.9. The van der Waals surface area contributed by atoms with Gasteiger partial charge in [-0.3, -0.25) is 14.9 Å². The van der Waals surface area contributed by atoms with E-state index in [1.54, 1.807) is 0 Å². The van der Waals surface area contributed by atoms with Gasteiger partial charge in [-0.05, 0) is 31.3 Å². The van der Waals surface area contributed by atoms with Crippen molar-refractivity contribution in [2.45, 2.75) is 19.6 Å². The van der Waals surface area contributed by atoms with Gasteiger partial charge in [0.15, 0.2) is 5.82 Å². The fraction of sp³-hybridized carbons (Fsp3) is 0.318. The molecule has 1 aliphatic rings. The SMILES string of the molecule is C[C@@H](c1nc2ccccc2s1)N1CCN(Cn2[nH]c(-c3ccccc3)nc2=S)CC1. The van der Waals surface area contributed by atoms with E-state index in [9.17, 15) is 0 Å². The number of H-pyrrole nitrogens is 1. The van der Waals surface area contributed by atoms with E-state index in [1.807, 2.05) is 46.4 Å². The lowest BCUT2D eigenvalue weighted by molar-refractivity contribution is 0.0789. The van der Waals surface area contributed by atoms with Crippen LogP contribution in [0.3, 0.4) is 0 Å². The van der Waals surface area contributed by atoms with Gasteiger partial charge in [-0.25, -0.2) is 9.67 Å². The van der Waals surface area contributed by atoms with Crippen molar-refractivity contribution in [2.24, 2.45) is 0 Å². The molecule has 0 spiro atoms. The topological polar surface area (TPSA) is 53.0 Å². The lowest BCUT2D eigenvalue weighted by atomic mass is 10.2. The first-order valence-electron chi connectivity index (χ1n) is 10.2. The second-order valence-corrected chi connectivity index (χ2v) is 9.07. The second-order valence-electron chi connectivity index (χ2n) is 7.64. The minimum Gasteiger partial charge on any atom is -0.292 e. The third kappa shape index (κ3) is 3.96. The zero-order valence-corrected chi connectivity index (χ0v) is 18.5. The second kappa shape index (κ2) is 8.39. The number of para-hydroxylation sites is 1. The van der Waals surface area contributed by atoms with Gasteiger partial charge in [-0.1, -0.05) is 42.5 Å². The van der Waals surface area contributed by atoms with Crippen LogP contribution in [0, 0.1) is 4.77 Å². The van der Waals surface area contributed by atoms with E-state index in [-0.39, 0.29) is 0 Å². The number of nitrogens with one attached hydrogen (secondary N) is 1. The Morgan fingerprint density at radius 1 is 1.00 bits per heavy atom. The molecule has 2 aromatic carbocycles. The number of aromatic nitrogens is 4. The summed E-state index contributed by atoms with van der Waals surface area (Å²) in [6, 6.07) is 18.8. The first-order valence-corrected chi connectivity index (χ1v) is 11.4. The summed E-state index contributed by atoms with van der Waals surface area (Å²) in [6.45, 7) is 7.04. The summed E-state index contributed by atoms with van der Waals surface area (Å²) in [4.78, 5) is 14.3. The van der Waals surface area contributed by atoms with Gasteiger partial charge in [0.2, 0.25) is 4.77 Å². The number of piperazine rings is 1. The van der Waals surface area contributed by atoms with Crippen molar-refractivity contribution in [3.63, 3.8) is 0 Å². The van der Waals surface area contributed by atoms with Gasteiger partial charge in [-0.15, -0.1) is 11.3 Å². The molecule has 30 heavy (non-hydrogen) atoms. The molecule has 6 nitrogen and oxygen atoms in total. The molecule has 4 aromatic rings. The number of fused-ring (bicyclic) bond motifs is 1. The van der Waals surface area contributed by atoms with E-state index in [2.05, 4.69) is 51.1 Å². The lowest BCUT2D eigenvalue weighted by Crippen LogP contribution is -2.47. The fourth-order valence-electron chi connectivity index (χ4n) is 3.89.